The Labute approximate surface area is 261 Å². The van der Waals surface area contributed by atoms with Crippen LogP contribution in [0, 0.1) is 5.41 Å². The third kappa shape index (κ3) is 15.4. The van der Waals surface area contributed by atoms with Crippen molar-refractivity contribution in [2.75, 3.05) is 57.8 Å². The highest BCUT2D eigenvalue weighted by Crippen LogP contribution is 2.44. The van der Waals surface area contributed by atoms with Crippen molar-refractivity contribution in [1.82, 2.24) is 0 Å². The summed E-state index contributed by atoms with van der Waals surface area (Å²) in [5.41, 5.74) is -0.921. The summed E-state index contributed by atoms with van der Waals surface area (Å²) in [6.07, 6.45) is 3.34. The highest BCUT2D eigenvalue weighted by molar-refractivity contribution is 8.13. The molecule has 0 amide bonds. The molecule has 0 N–H and O–H groups in total. The van der Waals surface area contributed by atoms with Crippen molar-refractivity contribution in [3.8, 4) is 0 Å². The van der Waals surface area contributed by atoms with Crippen LogP contribution in [0.25, 0.3) is 0 Å². The van der Waals surface area contributed by atoms with Crippen molar-refractivity contribution >= 4 is 54.5 Å². The zero-order chi connectivity index (χ0) is 31.0. The molecule has 0 fully saturated rings. The largest absolute Gasteiger partial charge is 0.508 e. The van der Waals surface area contributed by atoms with Crippen molar-refractivity contribution < 1.29 is 45.9 Å². The molecule has 0 heterocycles. The molecule has 14 heteroatoms. The summed E-state index contributed by atoms with van der Waals surface area (Å²) < 4.78 is 48.9. The second-order valence-electron chi connectivity index (χ2n) is 9.42. The minimum absolute atomic E-state index is 0.0453. The van der Waals surface area contributed by atoms with Crippen molar-refractivity contribution in [3.05, 3.63) is 0 Å². The summed E-state index contributed by atoms with van der Waals surface area (Å²) in [5.74, 6) is 0.229. The SMILES string of the molecule is CCCOC(=O)OCC(CC)(CO[Si](CCCSC(C)=O)(OCC)OCC)C(CCCCS)(OCC)O[SiH2]OCC. The van der Waals surface area contributed by atoms with E-state index in [1.807, 2.05) is 41.5 Å². The van der Waals surface area contributed by atoms with E-state index < -0.39 is 36.2 Å². The Morgan fingerprint density at radius 3 is 2.12 bits per heavy atom. The maximum Gasteiger partial charge on any atom is 0.508 e. The fourth-order valence-electron chi connectivity index (χ4n) is 4.37. The molecule has 0 aromatic carbocycles. The number of thioether (sulfide) groups is 1. The average molecular weight is 661 g/mol. The van der Waals surface area contributed by atoms with Crippen LogP contribution in [0.2, 0.25) is 6.04 Å². The van der Waals surface area contributed by atoms with Crippen molar-refractivity contribution in [1.29, 1.82) is 0 Å². The van der Waals surface area contributed by atoms with Crippen LogP contribution in [0.5, 0.6) is 0 Å². The van der Waals surface area contributed by atoms with E-state index in [9.17, 15) is 9.59 Å². The Hall–Kier alpha value is -0.166. The van der Waals surface area contributed by atoms with E-state index >= 15 is 0 Å². The summed E-state index contributed by atoms with van der Waals surface area (Å²) in [7, 11) is -4.63. The van der Waals surface area contributed by atoms with Gasteiger partial charge in [0.1, 0.15) is 6.61 Å². The van der Waals surface area contributed by atoms with Gasteiger partial charge < -0.3 is 36.3 Å². The molecule has 0 radical (unpaired) electrons. The summed E-state index contributed by atoms with van der Waals surface area (Å²) in [5, 5.41) is 0.0708. The Morgan fingerprint density at radius 2 is 1.59 bits per heavy atom. The molecule has 0 saturated heterocycles. The zero-order valence-corrected chi connectivity index (χ0v) is 30.6. The van der Waals surface area contributed by atoms with Crippen LogP contribution < -0.4 is 0 Å². The number of hydrogen-bond donors (Lipinski definition) is 1. The number of thiol groups is 1. The van der Waals surface area contributed by atoms with Crippen LogP contribution in [0.4, 0.5) is 4.79 Å². The maximum atomic E-state index is 12.5. The van der Waals surface area contributed by atoms with Gasteiger partial charge in [-0.25, -0.2) is 4.79 Å². The van der Waals surface area contributed by atoms with Gasteiger partial charge in [-0.15, -0.1) is 0 Å². The molecule has 41 heavy (non-hydrogen) atoms. The molecular weight excluding hydrogens is 605 g/mol. The molecule has 0 aromatic rings. The van der Waals surface area contributed by atoms with E-state index in [1.54, 1.807) is 6.92 Å². The van der Waals surface area contributed by atoms with Gasteiger partial charge in [0, 0.05) is 51.6 Å². The molecule has 2 atom stereocenters. The summed E-state index contributed by atoms with van der Waals surface area (Å²) in [6, 6.07) is 0.546. The van der Waals surface area contributed by atoms with Crippen LogP contribution >= 0.6 is 24.4 Å². The van der Waals surface area contributed by atoms with Crippen molar-refractivity contribution in [2.45, 2.75) is 98.8 Å². The molecule has 0 aliphatic rings. The normalized spacial score (nSPS) is 15.1. The van der Waals surface area contributed by atoms with Gasteiger partial charge in [-0.05, 0) is 65.6 Å². The van der Waals surface area contributed by atoms with E-state index in [0.29, 0.717) is 63.9 Å². The lowest BCUT2D eigenvalue weighted by Crippen LogP contribution is -2.60. The topological polar surface area (TPSA) is 108 Å². The van der Waals surface area contributed by atoms with Crippen LogP contribution in [0.15, 0.2) is 0 Å². The lowest BCUT2D eigenvalue weighted by atomic mass is 9.75. The Bertz CT molecular complexity index is 676. The maximum absolute atomic E-state index is 12.5. The average Bonchev–Trinajstić information content (AvgIpc) is 2.95. The fraction of sp³-hybridized carbons (Fsp3) is 0.926. The number of carbonyl (C=O) groups is 2. The molecular formula is C27H56O10S2Si2. The molecule has 0 spiro atoms. The summed E-state index contributed by atoms with van der Waals surface area (Å²) in [4.78, 5) is 24.0. The number of ether oxygens (including phenoxy) is 3. The highest BCUT2D eigenvalue weighted by atomic mass is 32.2. The van der Waals surface area contributed by atoms with Gasteiger partial charge in [-0.3, -0.25) is 4.79 Å². The van der Waals surface area contributed by atoms with E-state index in [1.165, 1.54) is 11.8 Å². The highest BCUT2D eigenvalue weighted by Gasteiger charge is 2.55. The predicted octanol–water partition coefficient (Wildman–Crippen LogP) is 5.53. The third-order valence-corrected chi connectivity index (χ3v) is 11.9. The van der Waals surface area contributed by atoms with Gasteiger partial charge in [0.25, 0.3) is 0 Å². The first-order valence-electron chi connectivity index (χ1n) is 15.0. The van der Waals surface area contributed by atoms with Crippen molar-refractivity contribution in [3.63, 3.8) is 0 Å². The summed E-state index contributed by atoms with van der Waals surface area (Å²) >= 11 is 5.68. The second kappa shape index (κ2) is 24.2. The molecule has 244 valence electrons. The first kappa shape index (κ1) is 40.8. The van der Waals surface area contributed by atoms with Gasteiger partial charge in [-0.1, -0.05) is 25.6 Å². The summed E-state index contributed by atoms with van der Waals surface area (Å²) in [6.45, 7) is 15.2. The third-order valence-electron chi connectivity index (χ3n) is 6.48. The van der Waals surface area contributed by atoms with Gasteiger partial charge in [0.05, 0.1) is 18.6 Å². The Balaban J connectivity index is 6.55. The lowest BCUT2D eigenvalue weighted by molar-refractivity contribution is -0.282. The molecule has 0 aromatic heterocycles. The van der Waals surface area contributed by atoms with E-state index in [4.69, 9.17) is 36.3 Å². The Morgan fingerprint density at radius 1 is 0.878 bits per heavy atom. The standard InChI is InChI=1S/C27H56O10S2Si2/c1-8-18-30-25(29)31-22-26(9-2,27(32-10-3,17-14-15-19-38)37-40-33-11-4)23-36-41(34-12-5,35-13-6)21-16-20-39-24(7)28/h38H,8-23,40H2,1-7H3. The zero-order valence-electron chi connectivity index (χ0n) is 26.5. The smallest absolute Gasteiger partial charge is 0.434 e. The number of rotatable bonds is 27. The van der Waals surface area contributed by atoms with Gasteiger partial charge in [0.2, 0.25) is 0 Å². The molecule has 0 aliphatic carbocycles. The van der Waals surface area contributed by atoms with Gasteiger partial charge >= 0.3 is 25.0 Å². The molecule has 2 unspecified atom stereocenters. The van der Waals surface area contributed by atoms with Crippen molar-refractivity contribution in [2.24, 2.45) is 5.41 Å². The molecule has 0 bridgehead atoms. The number of carbonyl (C=O) groups excluding carboxylic acids is 2. The minimum atomic E-state index is -3.19. The van der Waals surface area contributed by atoms with Crippen LogP contribution in [-0.4, -0.2) is 93.6 Å². The molecule has 0 saturated carbocycles. The van der Waals surface area contributed by atoms with E-state index in [-0.39, 0.29) is 24.9 Å². The number of hydrogen-bond acceptors (Lipinski definition) is 12. The molecule has 10 nitrogen and oxygen atoms in total. The van der Waals surface area contributed by atoms with Crippen LogP contribution in [-0.2, 0) is 41.1 Å². The lowest BCUT2D eigenvalue weighted by Gasteiger charge is -2.50. The first-order valence-corrected chi connectivity index (χ1v) is 19.7. The van der Waals surface area contributed by atoms with E-state index in [2.05, 4.69) is 12.6 Å². The Kier molecular flexibility index (Phi) is 24.1. The predicted molar refractivity (Wildman–Crippen MR) is 171 cm³/mol. The van der Waals surface area contributed by atoms with Gasteiger partial charge in [-0.2, -0.15) is 12.6 Å². The molecule has 0 aliphatic heterocycles. The number of unbranched alkanes of at least 4 members (excludes halogenated alkanes) is 1. The molecule has 0 rings (SSSR count). The monoisotopic (exact) mass is 660 g/mol. The first-order chi connectivity index (χ1) is 19.7. The quantitative estimate of drug-likeness (QED) is 0.0395. The van der Waals surface area contributed by atoms with E-state index in [0.717, 1.165) is 18.6 Å². The second-order valence-corrected chi connectivity index (χ2v) is 14.8. The van der Waals surface area contributed by atoms with Crippen LogP contribution in [0.1, 0.15) is 87.0 Å². The minimum Gasteiger partial charge on any atom is -0.434 e. The van der Waals surface area contributed by atoms with Gasteiger partial charge in [0.15, 0.2) is 10.9 Å². The fourth-order valence-corrected chi connectivity index (χ4v) is 9.07. The van der Waals surface area contributed by atoms with Crippen LogP contribution in [0.3, 0.4) is 0 Å².